The second kappa shape index (κ2) is 8.67. The largest absolute Gasteiger partial charge is 0.322 e. The first-order chi connectivity index (χ1) is 14.5. The average molecular weight is 422 g/mol. The molecule has 1 heterocycles. The molecule has 0 aromatic heterocycles. The predicted octanol–water partition coefficient (Wildman–Crippen LogP) is 4.34. The summed E-state index contributed by atoms with van der Waals surface area (Å²) in [6.07, 6.45) is 3.56. The van der Waals surface area contributed by atoms with Crippen LogP contribution in [0, 0.1) is 0 Å². The van der Waals surface area contributed by atoms with E-state index in [1.165, 1.54) is 12.1 Å². The van der Waals surface area contributed by atoms with Crippen LogP contribution in [0.4, 0.5) is 5.69 Å². The number of fused-ring (bicyclic) bond motifs is 1. The molecule has 6 nitrogen and oxygen atoms in total. The third kappa shape index (κ3) is 4.68. The molecule has 0 saturated heterocycles. The number of benzene rings is 3. The molecule has 0 aliphatic carbocycles. The van der Waals surface area contributed by atoms with Gasteiger partial charge in [0.05, 0.1) is 4.90 Å². The van der Waals surface area contributed by atoms with Crippen molar-refractivity contribution in [2.24, 2.45) is 4.99 Å². The fraction of sp³-hybridized carbons (Fsp3) is 0.217. The van der Waals surface area contributed by atoms with Crippen molar-refractivity contribution >= 4 is 38.2 Å². The Bertz CT molecular complexity index is 1220. The topological polar surface area (TPSA) is 87.6 Å². The van der Waals surface area contributed by atoms with Gasteiger partial charge in [-0.2, -0.15) is 0 Å². The Kier molecular flexibility index (Phi) is 5.81. The van der Waals surface area contributed by atoms with Gasteiger partial charge in [0, 0.05) is 24.2 Å². The van der Waals surface area contributed by atoms with Crippen LogP contribution in [0.1, 0.15) is 36.0 Å². The Morgan fingerprint density at radius 2 is 1.70 bits per heavy atom. The quantitative estimate of drug-likeness (QED) is 0.657. The van der Waals surface area contributed by atoms with Crippen LogP contribution in [0.15, 0.2) is 76.6 Å². The monoisotopic (exact) mass is 421 g/mol. The first kappa shape index (κ1) is 20.1. The van der Waals surface area contributed by atoms with E-state index in [1.807, 2.05) is 36.4 Å². The lowest BCUT2D eigenvalue weighted by Crippen LogP contribution is -2.30. The van der Waals surface area contributed by atoms with E-state index in [0.29, 0.717) is 30.1 Å². The molecule has 3 aromatic carbocycles. The van der Waals surface area contributed by atoms with Crippen LogP contribution in [-0.4, -0.2) is 26.7 Å². The molecule has 0 atom stereocenters. The number of nitrogens with one attached hydrogen (secondary N) is 2. The van der Waals surface area contributed by atoms with Crippen LogP contribution < -0.4 is 10.0 Å². The molecule has 1 aliphatic heterocycles. The number of sulfonamides is 1. The second-order valence-corrected chi connectivity index (χ2v) is 8.97. The van der Waals surface area contributed by atoms with Crippen LogP contribution in [0.3, 0.4) is 0 Å². The van der Waals surface area contributed by atoms with E-state index in [0.717, 1.165) is 30.0 Å². The molecule has 7 heteroatoms. The number of carbonyl (C=O) groups is 1. The van der Waals surface area contributed by atoms with Gasteiger partial charge in [0.2, 0.25) is 0 Å². The highest BCUT2D eigenvalue weighted by Crippen LogP contribution is 2.19. The van der Waals surface area contributed by atoms with Gasteiger partial charge < -0.3 is 5.32 Å². The van der Waals surface area contributed by atoms with Crippen molar-refractivity contribution in [2.45, 2.75) is 30.6 Å². The van der Waals surface area contributed by atoms with Crippen LogP contribution >= 0.6 is 0 Å². The van der Waals surface area contributed by atoms with Gasteiger partial charge in [-0.1, -0.05) is 42.8 Å². The first-order valence-corrected chi connectivity index (χ1v) is 11.5. The van der Waals surface area contributed by atoms with Crippen molar-refractivity contribution in [1.29, 1.82) is 0 Å². The van der Waals surface area contributed by atoms with Gasteiger partial charge in [-0.15, -0.1) is 0 Å². The normalized spacial score (nSPS) is 14.6. The number of anilines is 1. The molecular weight excluding hydrogens is 398 g/mol. The number of aliphatic imine (C=N–C) groups is 1. The highest BCUT2D eigenvalue weighted by molar-refractivity contribution is 7.90. The summed E-state index contributed by atoms with van der Waals surface area (Å²) >= 11 is 0. The maximum Gasteiger partial charge on any atom is 0.262 e. The molecule has 2 N–H and O–H groups in total. The lowest BCUT2D eigenvalue weighted by molar-refractivity contribution is 0.102. The van der Waals surface area contributed by atoms with Crippen LogP contribution in [0.25, 0.3) is 10.8 Å². The molecular formula is C23H23N3O3S. The Balaban J connectivity index is 1.52. The molecule has 0 unspecified atom stereocenters. The Morgan fingerprint density at radius 1 is 0.867 bits per heavy atom. The van der Waals surface area contributed by atoms with Gasteiger partial charge in [0.25, 0.3) is 15.9 Å². The van der Waals surface area contributed by atoms with Gasteiger partial charge in [0.1, 0.15) is 5.84 Å². The molecule has 154 valence electrons. The summed E-state index contributed by atoms with van der Waals surface area (Å²) in [5.41, 5.74) is 0.923. The highest BCUT2D eigenvalue weighted by Gasteiger charge is 2.18. The maximum absolute atomic E-state index is 12.8. The summed E-state index contributed by atoms with van der Waals surface area (Å²) in [5.74, 6) is 0.203. The molecule has 4 rings (SSSR count). The van der Waals surface area contributed by atoms with Crippen molar-refractivity contribution in [3.05, 3.63) is 72.3 Å². The highest BCUT2D eigenvalue weighted by atomic mass is 32.2. The molecule has 0 radical (unpaired) electrons. The van der Waals surface area contributed by atoms with Gasteiger partial charge in [-0.05, 0) is 53.9 Å². The van der Waals surface area contributed by atoms with Crippen LogP contribution in [0.2, 0.25) is 0 Å². The van der Waals surface area contributed by atoms with E-state index in [-0.39, 0.29) is 10.8 Å². The standard InChI is InChI=1S/C23H23N3O3S/c27-23(19-13-12-17-7-3-4-8-18(17)15-19)25-20-9-6-10-21(16-20)30(28,29)26-22-11-2-1-5-14-24-22/h3-4,6-10,12-13,15-16H,1-2,5,11,14H2,(H,24,26)(H,25,27). The van der Waals surface area contributed by atoms with E-state index in [4.69, 9.17) is 0 Å². The minimum absolute atomic E-state index is 0.0887. The van der Waals surface area contributed by atoms with Crippen molar-refractivity contribution in [3.63, 3.8) is 0 Å². The van der Waals surface area contributed by atoms with Crippen LogP contribution in [0.5, 0.6) is 0 Å². The molecule has 0 saturated carbocycles. The van der Waals surface area contributed by atoms with Crippen molar-refractivity contribution in [2.75, 3.05) is 11.9 Å². The van der Waals surface area contributed by atoms with Crippen LogP contribution in [-0.2, 0) is 10.0 Å². The first-order valence-electron chi connectivity index (χ1n) is 9.98. The number of hydrogen-bond donors (Lipinski definition) is 2. The zero-order valence-corrected chi connectivity index (χ0v) is 17.3. The van der Waals surface area contributed by atoms with Gasteiger partial charge in [-0.3, -0.25) is 14.5 Å². The van der Waals surface area contributed by atoms with E-state index >= 15 is 0 Å². The second-order valence-electron chi connectivity index (χ2n) is 7.29. The molecule has 30 heavy (non-hydrogen) atoms. The van der Waals surface area contributed by atoms with Crippen molar-refractivity contribution < 1.29 is 13.2 Å². The summed E-state index contributed by atoms with van der Waals surface area (Å²) in [6.45, 7) is 0.639. The number of rotatable bonds is 4. The predicted molar refractivity (Wildman–Crippen MR) is 119 cm³/mol. The van der Waals surface area contributed by atoms with Crippen molar-refractivity contribution in [1.82, 2.24) is 4.72 Å². The molecule has 1 amide bonds. The summed E-state index contributed by atoms with van der Waals surface area (Å²) in [7, 11) is -3.76. The smallest absolute Gasteiger partial charge is 0.262 e. The van der Waals surface area contributed by atoms with E-state index in [9.17, 15) is 13.2 Å². The zero-order chi connectivity index (χ0) is 21.0. The Hall–Kier alpha value is -3.19. The third-order valence-electron chi connectivity index (χ3n) is 5.04. The lowest BCUT2D eigenvalue weighted by Gasteiger charge is -2.11. The van der Waals surface area contributed by atoms with E-state index < -0.39 is 10.0 Å². The van der Waals surface area contributed by atoms with Gasteiger partial charge >= 0.3 is 0 Å². The number of carbonyl (C=O) groups excluding carboxylic acids is 1. The molecule has 1 aliphatic rings. The number of amidine groups is 1. The SMILES string of the molecule is O=C(Nc1cccc(S(=O)(=O)NC2=NCCCCC2)c1)c1ccc2ccccc2c1. The maximum atomic E-state index is 12.8. The minimum Gasteiger partial charge on any atom is -0.322 e. The van der Waals surface area contributed by atoms with Gasteiger partial charge in [0.15, 0.2) is 0 Å². The Morgan fingerprint density at radius 3 is 2.57 bits per heavy atom. The Labute approximate surface area is 176 Å². The average Bonchev–Trinajstić information content (AvgIpc) is 3.02. The number of amides is 1. The van der Waals surface area contributed by atoms with Gasteiger partial charge in [-0.25, -0.2) is 8.42 Å². The summed E-state index contributed by atoms with van der Waals surface area (Å²) in [5, 5.41) is 4.81. The minimum atomic E-state index is -3.76. The van der Waals surface area contributed by atoms with Crippen molar-refractivity contribution in [3.8, 4) is 0 Å². The fourth-order valence-corrected chi connectivity index (χ4v) is 4.58. The summed E-state index contributed by atoms with van der Waals surface area (Å²) < 4.78 is 28.1. The molecule has 3 aromatic rings. The summed E-state index contributed by atoms with van der Waals surface area (Å²) in [4.78, 5) is 17.1. The molecule has 0 bridgehead atoms. The zero-order valence-electron chi connectivity index (χ0n) is 16.5. The van der Waals surface area contributed by atoms with E-state index in [2.05, 4.69) is 15.0 Å². The number of nitrogens with zero attached hydrogens (tertiary/aromatic N) is 1. The fourth-order valence-electron chi connectivity index (χ4n) is 3.45. The lowest BCUT2D eigenvalue weighted by atomic mass is 10.1. The van der Waals surface area contributed by atoms with E-state index in [1.54, 1.807) is 18.2 Å². The number of hydrogen-bond acceptors (Lipinski definition) is 4. The molecule has 0 spiro atoms. The summed E-state index contributed by atoms with van der Waals surface area (Å²) in [6, 6.07) is 19.5. The molecule has 0 fully saturated rings. The third-order valence-corrected chi connectivity index (χ3v) is 6.42.